The molecule has 1 aromatic carbocycles. The molecule has 4 atom stereocenters. The van der Waals surface area contributed by atoms with Crippen molar-refractivity contribution in [3.05, 3.63) is 35.9 Å². The van der Waals surface area contributed by atoms with Crippen LogP contribution in [0.2, 0.25) is 0 Å². The van der Waals surface area contributed by atoms with Crippen molar-refractivity contribution in [2.24, 2.45) is 11.5 Å². The van der Waals surface area contributed by atoms with Gasteiger partial charge in [0, 0.05) is 12.2 Å². The molecule has 0 saturated heterocycles. The third-order valence-electron chi connectivity index (χ3n) is 4.76. The summed E-state index contributed by atoms with van der Waals surface area (Å²) in [6.45, 7) is 1.76. The molecule has 8 N–H and O–H groups in total. The lowest BCUT2D eigenvalue weighted by atomic mass is 10.0. The minimum Gasteiger partial charge on any atom is -0.480 e. The van der Waals surface area contributed by atoms with Crippen LogP contribution in [0, 0.1) is 0 Å². The highest BCUT2D eigenvalue weighted by Crippen LogP contribution is 2.07. The zero-order chi connectivity index (χ0) is 24.1. The quantitative estimate of drug-likeness (QED) is 0.138. The number of hydrogen-bond donors (Lipinski definition) is 7. The molecular formula is C21H33N5O5S. The van der Waals surface area contributed by atoms with Gasteiger partial charge in [0.1, 0.15) is 18.1 Å². The molecule has 32 heavy (non-hydrogen) atoms. The van der Waals surface area contributed by atoms with E-state index in [1.807, 2.05) is 6.07 Å². The van der Waals surface area contributed by atoms with Gasteiger partial charge in [-0.15, -0.1) is 0 Å². The maximum absolute atomic E-state index is 13.0. The molecule has 1 rings (SSSR count). The van der Waals surface area contributed by atoms with E-state index in [1.54, 1.807) is 24.3 Å². The fraction of sp³-hybridized carbons (Fsp3) is 0.524. The summed E-state index contributed by atoms with van der Waals surface area (Å²) in [6.07, 6.45) is 1.68. The van der Waals surface area contributed by atoms with Crippen molar-refractivity contribution in [2.75, 3.05) is 12.3 Å². The monoisotopic (exact) mass is 467 g/mol. The van der Waals surface area contributed by atoms with Crippen molar-refractivity contribution >= 4 is 36.3 Å². The molecular weight excluding hydrogens is 434 g/mol. The van der Waals surface area contributed by atoms with E-state index in [1.165, 1.54) is 6.92 Å². The SMILES string of the molecule is CC(NC(=O)C(Cc1ccccc1)NC(=O)C(CCCCN)NC(=O)C(N)CS)C(=O)O. The number of rotatable bonds is 14. The summed E-state index contributed by atoms with van der Waals surface area (Å²) >= 11 is 4.00. The Bertz CT molecular complexity index is 764. The Balaban J connectivity index is 3.01. The second-order valence-electron chi connectivity index (χ2n) is 7.45. The number of nitrogens with one attached hydrogen (secondary N) is 3. The number of carbonyl (C=O) groups is 4. The minimum absolute atomic E-state index is 0.106. The molecule has 0 aliphatic rings. The van der Waals surface area contributed by atoms with Crippen LogP contribution in [0.25, 0.3) is 0 Å². The molecule has 11 heteroatoms. The van der Waals surface area contributed by atoms with Crippen molar-refractivity contribution in [2.45, 2.75) is 56.8 Å². The molecule has 0 fully saturated rings. The number of thiol groups is 1. The molecule has 0 radical (unpaired) electrons. The Labute approximate surface area is 193 Å². The molecule has 0 saturated carbocycles. The van der Waals surface area contributed by atoms with Crippen molar-refractivity contribution in [1.82, 2.24) is 16.0 Å². The molecule has 0 spiro atoms. The van der Waals surface area contributed by atoms with Gasteiger partial charge in [0.05, 0.1) is 6.04 Å². The number of aliphatic carboxylic acids is 1. The van der Waals surface area contributed by atoms with E-state index in [-0.39, 0.29) is 12.2 Å². The van der Waals surface area contributed by atoms with E-state index >= 15 is 0 Å². The fourth-order valence-electron chi connectivity index (χ4n) is 2.83. The Hall–Kier alpha value is -2.63. The van der Waals surface area contributed by atoms with Gasteiger partial charge in [0.25, 0.3) is 0 Å². The van der Waals surface area contributed by atoms with Gasteiger partial charge in [0.2, 0.25) is 17.7 Å². The van der Waals surface area contributed by atoms with Crippen molar-refractivity contribution in [3.63, 3.8) is 0 Å². The summed E-state index contributed by atoms with van der Waals surface area (Å²) in [6, 6.07) is 4.99. The normalized spacial score (nSPS) is 14.5. The van der Waals surface area contributed by atoms with Crippen LogP contribution >= 0.6 is 12.6 Å². The Kier molecular flexibility index (Phi) is 12.4. The number of unbranched alkanes of at least 4 members (excludes halogenated alkanes) is 1. The summed E-state index contributed by atoms with van der Waals surface area (Å²) in [7, 11) is 0. The number of amides is 3. The lowest BCUT2D eigenvalue weighted by molar-refractivity contribution is -0.141. The minimum atomic E-state index is -1.20. The predicted octanol–water partition coefficient (Wildman–Crippen LogP) is -0.826. The van der Waals surface area contributed by atoms with Gasteiger partial charge < -0.3 is 32.5 Å². The number of carboxylic acids is 1. The lowest BCUT2D eigenvalue weighted by Gasteiger charge is -2.24. The average molecular weight is 468 g/mol. The summed E-state index contributed by atoms with van der Waals surface area (Å²) in [5, 5.41) is 16.7. The number of carbonyl (C=O) groups excluding carboxylic acids is 3. The lowest BCUT2D eigenvalue weighted by Crippen LogP contribution is -2.57. The summed E-state index contributed by atoms with van der Waals surface area (Å²) < 4.78 is 0. The van der Waals surface area contributed by atoms with E-state index in [9.17, 15) is 19.2 Å². The second kappa shape index (κ2) is 14.4. The molecule has 3 amide bonds. The van der Waals surface area contributed by atoms with Gasteiger partial charge in [-0.1, -0.05) is 30.3 Å². The first-order valence-electron chi connectivity index (χ1n) is 10.4. The van der Waals surface area contributed by atoms with Crippen LogP contribution in [0.3, 0.4) is 0 Å². The van der Waals surface area contributed by atoms with Gasteiger partial charge in [-0.3, -0.25) is 19.2 Å². The topological polar surface area (TPSA) is 177 Å². The maximum atomic E-state index is 13.0. The predicted molar refractivity (Wildman–Crippen MR) is 124 cm³/mol. The zero-order valence-electron chi connectivity index (χ0n) is 18.1. The molecule has 0 bridgehead atoms. The van der Waals surface area contributed by atoms with Crippen LogP contribution in [0.5, 0.6) is 0 Å². The Morgan fingerprint density at radius 2 is 1.56 bits per heavy atom. The van der Waals surface area contributed by atoms with Crippen molar-refractivity contribution < 1.29 is 24.3 Å². The van der Waals surface area contributed by atoms with Crippen LogP contribution in [0.1, 0.15) is 31.7 Å². The van der Waals surface area contributed by atoms with E-state index in [2.05, 4.69) is 28.6 Å². The second-order valence-corrected chi connectivity index (χ2v) is 7.82. The molecule has 0 aromatic heterocycles. The number of benzene rings is 1. The highest BCUT2D eigenvalue weighted by molar-refractivity contribution is 7.80. The highest BCUT2D eigenvalue weighted by atomic mass is 32.1. The van der Waals surface area contributed by atoms with E-state index in [4.69, 9.17) is 16.6 Å². The Morgan fingerprint density at radius 1 is 0.969 bits per heavy atom. The van der Waals surface area contributed by atoms with Crippen molar-refractivity contribution in [1.29, 1.82) is 0 Å². The maximum Gasteiger partial charge on any atom is 0.325 e. The largest absolute Gasteiger partial charge is 0.480 e. The Morgan fingerprint density at radius 3 is 2.12 bits per heavy atom. The molecule has 0 heterocycles. The first-order chi connectivity index (χ1) is 15.2. The molecule has 1 aromatic rings. The number of carboxylic acid groups (broad SMARTS) is 1. The first-order valence-corrected chi connectivity index (χ1v) is 11.1. The highest BCUT2D eigenvalue weighted by Gasteiger charge is 2.29. The molecule has 10 nitrogen and oxygen atoms in total. The van der Waals surface area contributed by atoms with E-state index in [0.29, 0.717) is 25.8 Å². The van der Waals surface area contributed by atoms with Crippen LogP contribution in [0.15, 0.2) is 30.3 Å². The van der Waals surface area contributed by atoms with Gasteiger partial charge in [-0.25, -0.2) is 0 Å². The fourth-order valence-corrected chi connectivity index (χ4v) is 3.00. The summed E-state index contributed by atoms with van der Waals surface area (Å²) in [5.41, 5.74) is 12.0. The van der Waals surface area contributed by atoms with Gasteiger partial charge >= 0.3 is 5.97 Å². The zero-order valence-corrected chi connectivity index (χ0v) is 19.0. The van der Waals surface area contributed by atoms with Gasteiger partial charge in [-0.05, 0) is 38.3 Å². The van der Waals surface area contributed by atoms with Crippen LogP contribution in [-0.4, -0.2) is 65.3 Å². The molecule has 0 aliphatic heterocycles. The van der Waals surface area contributed by atoms with Crippen molar-refractivity contribution in [3.8, 4) is 0 Å². The number of nitrogens with two attached hydrogens (primary N) is 2. The smallest absolute Gasteiger partial charge is 0.325 e. The first kappa shape index (κ1) is 27.4. The van der Waals surface area contributed by atoms with Crippen LogP contribution in [0.4, 0.5) is 0 Å². The molecule has 0 aliphatic carbocycles. The molecule has 4 unspecified atom stereocenters. The average Bonchev–Trinajstić information content (AvgIpc) is 2.77. The standard InChI is InChI=1S/C21H33N5O5S/c1-13(21(30)31)24-20(29)17(11-14-7-3-2-4-8-14)26-19(28)16(9-5-6-10-22)25-18(27)15(23)12-32/h2-4,7-8,13,15-17,32H,5-6,9-12,22-23H2,1H3,(H,24,29)(H,25,27)(H,26,28)(H,30,31). The summed E-state index contributed by atoms with van der Waals surface area (Å²) in [5.74, 6) is -2.83. The van der Waals surface area contributed by atoms with E-state index in [0.717, 1.165) is 5.56 Å². The number of hydrogen-bond acceptors (Lipinski definition) is 7. The van der Waals surface area contributed by atoms with Gasteiger partial charge in [0.15, 0.2) is 0 Å². The third-order valence-corrected chi connectivity index (χ3v) is 5.15. The third kappa shape index (κ3) is 9.67. The van der Waals surface area contributed by atoms with E-state index < -0.39 is 47.9 Å². The van der Waals surface area contributed by atoms with Crippen LogP contribution < -0.4 is 27.4 Å². The van der Waals surface area contributed by atoms with Crippen LogP contribution in [-0.2, 0) is 25.6 Å². The summed E-state index contributed by atoms with van der Waals surface area (Å²) in [4.78, 5) is 49.1. The van der Waals surface area contributed by atoms with Gasteiger partial charge in [-0.2, -0.15) is 12.6 Å². The molecule has 178 valence electrons.